The van der Waals surface area contributed by atoms with E-state index in [9.17, 15) is 0 Å². The Morgan fingerprint density at radius 2 is 1.75 bits per heavy atom. The van der Waals surface area contributed by atoms with Gasteiger partial charge in [0, 0.05) is 0 Å². The molecule has 0 bridgehead atoms. The molecule has 0 aromatic carbocycles. The summed E-state index contributed by atoms with van der Waals surface area (Å²) in [5.41, 5.74) is 1.10. The molecule has 86 valence electrons. The summed E-state index contributed by atoms with van der Waals surface area (Å²) in [6.45, 7) is 12.9. The van der Waals surface area contributed by atoms with Gasteiger partial charge in [-0.1, -0.05) is 24.8 Å². The molecule has 0 N–H and O–H groups in total. The molecule has 0 aliphatic heterocycles. The van der Waals surface area contributed by atoms with Crippen molar-refractivity contribution in [2.24, 2.45) is 0 Å². The van der Waals surface area contributed by atoms with Crippen LogP contribution < -0.4 is 0 Å². The van der Waals surface area contributed by atoms with Gasteiger partial charge in [-0.15, -0.1) is 6.58 Å². The fourth-order valence-corrected chi connectivity index (χ4v) is 0.983. The molecule has 0 saturated carbocycles. The Hall–Kier alpha value is -1.76. The van der Waals surface area contributed by atoms with Crippen LogP contribution >= 0.6 is 0 Å². The van der Waals surface area contributed by atoms with Crippen LogP contribution in [0.15, 0.2) is 53.5 Å². The molecule has 1 nitrogen and oxygen atoms in total. The van der Waals surface area contributed by atoms with Gasteiger partial charge in [0.05, 0.1) is 0 Å². The van der Waals surface area contributed by atoms with E-state index in [2.05, 4.69) is 13.2 Å². The summed E-state index contributed by atoms with van der Waals surface area (Å²) in [6.07, 6.45) is 9.39. The van der Waals surface area contributed by atoms with E-state index in [4.69, 9.17) is 4.42 Å². The molecule has 0 saturated heterocycles. The molecule has 1 heteroatoms. The summed E-state index contributed by atoms with van der Waals surface area (Å²) < 4.78 is 5.49. The first kappa shape index (κ1) is 14.2. The number of allylic oxidation sites excluding steroid dienone is 4. The van der Waals surface area contributed by atoms with Crippen molar-refractivity contribution in [3.8, 4) is 0 Å². The second kappa shape index (κ2) is 8.54. The minimum absolute atomic E-state index is 0.866. The predicted molar refractivity (Wildman–Crippen MR) is 73.1 cm³/mol. The van der Waals surface area contributed by atoms with Gasteiger partial charge in [-0.3, -0.25) is 0 Å². The molecular formula is C15H20O. The molecule has 1 heterocycles. The highest BCUT2D eigenvalue weighted by Gasteiger charge is 1.94. The maximum atomic E-state index is 5.49. The first-order chi connectivity index (χ1) is 7.67. The molecule has 0 amide bonds. The van der Waals surface area contributed by atoms with Gasteiger partial charge < -0.3 is 4.42 Å². The summed E-state index contributed by atoms with van der Waals surface area (Å²) in [5.74, 6) is 1.75. The zero-order valence-corrected chi connectivity index (χ0v) is 10.4. The normalized spacial score (nSPS) is 10.8. The van der Waals surface area contributed by atoms with Crippen molar-refractivity contribution < 1.29 is 4.42 Å². The maximum absolute atomic E-state index is 5.49. The van der Waals surface area contributed by atoms with E-state index in [-0.39, 0.29) is 0 Å². The van der Waals surface area contributed by atoms with Crippen molar-refractivity contribution >= 4 is 12.2 Å². The van der Waals surface area contributed by atoms with Crippen LogP contribution in [0.1, 0.15) is 32.3 Å². The summed E-state index contributed by atoms with van der Waals surface area (Å²) in [7, 11) is 0. The lowest BCUT2D eigenvalue weighted by atomic mass is 10.2. The number of hydrogen-bond acceptors (Lipinski definition) is 1. The van der Waals surface area contributed by atoms with Gasteiger partial charge in [0.1, 0.15) is 11.5 Å². The van der Waals surface area contributed by atoms with E-state index in [0.29, 0.717) is 0 Å². The van der Waals surface area contributed by atoms with Crippen molar-refractivity contribution in [3.05, 3.63) is 60.6 Å². The number of rotatable bonds is 3. The molecule has 0 unspecified atom stereocenters. The van der Waals surface area contributed by atoms with E-state index in [1.807, 2.05) is 51.1 Å². The summed E-state index contributed by atoms with van der Waals surface area (Å²) in [4.78, 5) is 0. The highest BCUT2D eigenvalue weighted by atomic mass is 16.3. The lowest BCUT2D eigenvalue weighted by molar-refractivity contribution is 0.546. The highest BCUT2D eigenvalue weighted by Crippen LogP contribution is 2.13. The Kier molecular flexibility index (Phi) is 7.60. The van der Waals surface area contributed by atoms with Crippen LogP contribution in [-0.4, -0.2) is 0 Å². The van der Waals surface area contributed by atoms with Crippen molar-refractivity contribution in [1.29, 1.82) is 0 Å². The van der Waals surface area contributed by atoms with Gasteiger partial charge in [0.2, 0.25) is 0 Å². The molecular weight excluding hydrogens is 196 g/mol. The topological polar surface area (TPSA) is 13.1 Å². The first-order valence-corrected chi connectivity index (χ1v) is 5.28. The molecule has 1 aromatic heterocycles. The zero-order chi connectivity index (χ0) is 12.4. The molecule has 16 heavy (non-hydrogen) atoms. The Labute approximate surface area is 98.5 Å². The summed E-state index contributed by atoms with van der Waals surface area (Å²) in [6, 6.07) is 3.89. The van der Waals surface area contributed by atoms with Crippen LogP contribution in [0.25, 0.3) is 12.2 Å². The second-order valence-corrected chi connectivity index (χ2v) is 3.24. The first-order valence-electron chi connectivity index (χ1n) is 5.28. The Morgan fingerprint density at radius 1 is 1.19 bits per heavy atom. The third-order valence-electron chi connectivity index (χ3n) is 1.67. The fourth-order valence-electron chi connectivity index (χ4n) is 0.983. The Bertz CT molecular complexity index is 378. The van der Waals surface area contributed by atoms with Crippen LogP contribution in [0.3, 0.4) is 0 Å². The SMILES string of the molecule is C=C/C(C)=C\c1ccc(/C=C/C)o1.C=CC. The minimum atomic E-state index is 0.866. The third kappa shape index (κ3) is 5.86. The van der Waals surface area contributed by atoms with Crippen LogP contribution in [0.4, 0.5) is 0 Å². The molecule has 0 aliphatic carbocycles. The summed E-state index contributed by atoms with van der Waals surface area (Å²) in [5, 5.41) is 0. The van der Waals surface area contributed by atoms with E-state index in [1.54, 1.807) is 12.2 Å². The van der Waals surface area contributed by atoms with Gasteiger partial charge in [-0.05, 0) is 50.6 Å². The third-order valence-corrected chi connectivity index (χ3v) is 1.67. The minimum Gasteiger partial charge on any atom is -0.457 e. The molecule has 0 radical (unpaired) electrons. The molecule has 0 spiro atoms. The van der Waals surface area contributed by atoms with Crippen molar-refractivity contribution in [3.63, 3.8) is 0 Å². The van der Waals surface area contributed by atoms with Crippen LogP contribution in [0.5, 0.6) is 0 Å². The van der Waals surface area contributed by atoms with Gasteiger partial charge in [-0.2, -0.15) is 0 Å². The molecule has 0 fully saturated rings. The summed E-state index contributed by atoms with van der Waals surface area (Å²) >= 11 is 0. The number of furan rings is 1. The average molecular weight is 216 g/mol. The predicted octanol–water partition coefficient (Wildman–Crippen LogP) is 5.09. The lowest BCUT2D eigenvalue weighted by Gasteiger charge is -1.88. The van der Waals surface area contributed by atoms with E-state index >= 15 is 0 Å². The van der Waals surface area contributed by atoms with Gasteiger partial charge in [0.15, 0.2) is 0 Å². The van der Waals surface area contributed by atoms with Crippen molar-refractivity contribution in [2.45, 2.75) is 20.8 Å². The smallest absolute Gasteiger partial charge is 0.127 e. The Morgan fingerprint density at radius 3 is 2.25 bits per heavy atom. The van der Waals surface area contributed by atoms with Crippen LogP contribution in [0, 0.1) is 0 Å². The van der Waals surface area contributed by atoms with Crippen LogP contribution in [0.2, 0.25) is 0 Å². The van der Waals surface area contributed by atoms with Crippen molar-refractivity contribution in [1.82, 2.24) is 0 Å². The molecule has 0 aliphatic rings. The highest BCUT2D eigenvalue weighted by molar-refractivity contribution is 5.53. The standard InChI is InChI=1S/C12H14O.C3H6/c1-4-6-11-7-8-12(13-11)9-10(3)5-2;1-3-2/h4-9H,2H2,1,3H3;3H,1H2,2H3/b6-4+,10-9-;. The van der Waals surface area contributed by atoms with Crippen LogP contribution in [-0.2, 0) is 0 Å². The second-order valence-electron chi connectivity index (χ2n) is 3.24. The quantitative estimate of drug-likeness (QED) is 0.506. The largest absolute Gasteiger partial charge is 0.457 e. The zero-order valence-electron chi connectivity index (χ0n) is 10.4. The van der Waals surface area contributed by atoms with Crippen molar-refractivity contribution in [2.75, 3.05) is 0 Å². The molecule has 1 rings (SSSR count). The lowest BCUT2D eigenvalue weighted by Crippen LogP contribution is -1.66. The molecule has 0 atom stereocenters. The molecule has 1 aromatic rings. The van der Waals surface area contributed by atoms with Gasteiger partial charge in [-0.25, -0.2) is 0 Å². The monoisotopic (exact) mass is 216 g/mol. The van der Waals surface area contributed by atoms with E-state index < -0.39 is 0 Å². The van der Waals surface area contributed by atoms with E-state index in [1.165, 1.54) is 0 Å². The Balaban J connectivity index is 0.000000673. The number of hydrogen-bond donors (Lipinski definition) is 0. The van der Waals surface area contributed by atoms with Gasteiger partial charge >= 0.3 is 0 Å². The van der Waals surface area contributed by atoms with Gasteiger partial charge in [0.25, 0.3) is 0 Å². The maximum Gasteiger partial charge on any atom is 0.127 e. The average Bonchev–Trinajstić information content (AvgIpc) is 2.67. The fraction of sp³-hybridized carbons (Fsp3) is 0.200. The van der Waals surface area contributed by atoms with E-state index in [0.717, 1.165) is 17.1 Å².